The van der Waals surface area contributed by atoms with Crippen LogP contribution in [0.4, 0.5) is 4.39 Å². The van der Waals surface area contributed by atoms with Crippen LogP contribution in [-0.2, 0) is 11.3 Å². The highest BCUT2D eigenvalue weighted by Crippen LogP contribution is 2.26. The first kappa shape index (κ1) is 15.5. The van der Waals surface area contributed by atoms with Crippen molar-refractivity contribution in [2.45, 2.75) is 26.5 Å². The highest BCUT2D eigenvalue weighted by Gasteiger charge is 2.18. The molecule has 2 heterocycles. The molecule has 0 amide bonds. The molecule has 1 fully saturated rings. The van der Waals surface area contributed by atoms with Crippen LogP contribution in [0, 0.1) is 19.7 Å². The van der Waals surface area contributed by atoms with Crippen molar-refractivity contribution < 1.29 is 14.2 Å². The van der Waals surface area contributed by atoms with Gasteiger partial charge in [-0.2, -0.15) is 0 Å². The molecule has 22 heavy (non-hydrogen) atoms. The molecular weight excluding hydrogens is 283 g/mol. The summed E-state index contributed by atoms with van der Waals surface area (Å²) in [7, 11) is 0. The van der Waals surface area contributed by atoms with E-state index in [1.807, 2.05) is 24.5 Å². The second-order valence-electron chi connectivity index (χ2n) is 6.05. The fraction of sp³-hybridized carbons (Fsp3) is 0.529. The molecule has 1 aliphatic heterocycles. The molecule has 5 heteroatoms. The lowest BCUT2D eigenvalue weighted by atomic mass is 10.1. The lowest BCUT2D eigenvalue weighted by molar-refractivity contribution is 0.0116. The van der Waals surface area contributed by atoms with E-state index in [4.69, 9.17) is 4.74 Å². The Morgan fingerprint density at radius 1 is 1.23 bits per heavy atom. The third-order valence-electron chi connectivity index (χ3n) is 4.57. The van der Waals surface area contributed by atoms with Gasteiger partial charge in [0.1, 0.15) is 5.82 Å². The first-order valence-electron chi connectivity index (χ1n) is 7.79. The second kappa shape index (κ2) is 6.36. The standard InChI is InChI=1S/C17H23FN2O2/c1-12-13(2)20(17-9-14(18)3-4-16(12)17)11-15(21)10-19-5-7-22-8-6-19/h3-4,9,15,21H,5-8,10-11H2,1-2H3. The minimum Gasteiger partial charge on any atom is -0.390 e. The van der Waals surface area contributed by atoms with Gasteiger partial charge in [0, 0.05) is 30.7 Å². The van der Waals surface area contributed by atoms with Gasteiger partial charge in [0.05, 0.1) is 31.4 Å². The van der Waals surface area contributed by atoms with Gasteiger partial charge in [0.25, 0.3) is 0 Å². The average molecular weight is 306 g/mol. The molecule has 0 spiro atoms. The van der Waals surface area contributed by atoms with Gasteiger partial charge in [0.15, 0.2) is 0 Å². The number of aromatic nitrogens is 1. The number of hydrogen-bond donors (Lipinski definition) is 1. The number of morpholine rings is 1. The van der Waals surface area contributed by atoms with E-state index in [9.17, 15) is 9.50 Å². The Kier molecular flexibility index (Phi) is 4.47. The van der Waals surface area contributed by atoms with E-state index < -0.39 is 6.10 Å². The lowest BCUT2D eigenvalue weighted by Gasteiger charge is -2.29. The topological polar surface area (TPSA) is 37.6 Å². The van der Waals surface area contributed by atoms with Gasteiger partial charge in [-0.25, -0.2) is 4.39 Å². The van der Waals surface area contributed by atoms with Crippen LogP contribution >= 0.6 is 0 Å². The molecule has 0 bridgehead atoms. The van der Waals surface area contributed by atoms with E-state index in [1.165, 1.54) is 6.07 Å². The zero-order valence-electron chi connectivity index (χ0n) is 13.2. The summed E-state index contributed by atoms with van der Waals surface area (Å²) in [6.45, 7) is 8.33. The van der Waals surface area contributed by atoms with Crippen LogP contribution in [0.2, 0.25) is 0 Å². The van der Waals surface area contributed by atoms with Crippen molar-refractivity contribution in [1.29, 1.82) is 0 Å². The van der Waals surface area contributed by atoms with E-state index in [1.54, 1.807) is 6.07 Å². The van der Waals surface area contributed by atoms with Gasteiger partial charge in [-0.05, 0) is 37.6 Å². The Morgan fingerprint density at radius 3 is 2.68 bits per heavy atom. The van der Waals surface area contributed by atoms with Crippen LogP contribution in [0.5, 0.6) is 0 Å². The van der Waals surface area contributed by atoms with Crippen LogP contribution in [0.25, 0.3) is 10.9 Å². The first-order valence-corrected chi connectivity index (χ1v) is 7.79. The molecule has 1 saturated heterocycles. The zero-order chi connectivity index (χ0) is 15.7. The van der Waals surface area contributed by atoms with Crippen molar-refractivity contribution >= 4 is 10.9 Å². The monoisotopic (exact) mass is 306 g/mol. The molecule has 3 rings (SSSR count). The molecular formula is C17H23FN2O2. The second-order valence-corrected chi connectivity index (χ2v) is 6.05. The van der Waals surface area contributed by atoms with Gasteiger partial charge in [0.2, 0.25) is 0 Å². The van der Waals surface area contributed by atoms with Gasteiger partial charge in [-0.1, -0.05) is 0 Å². The van der Waals surface area contributed by atoms with Gasteiger partial charge in [-0.15, -0.1) is 0 Å². The molecule has 0 saturated carbocycles. The number of rotatable bonds is 4. The van der Waals surface area contributed by atoms with Gasteiger partial charge >= 0.3 is 0 Å². The number of β-amino-alcohol motifs (C(OH)–C–C–N with tert-alkyl or cyclic N) is 1. The van der Waals surface area contributed by atoms with Crippen LogP contribution in [-0.4, -0.2) is 53.5 Å². The number of nitrogens with zero attached hydrogens (tertiary/aromatic N) is 2. The maximum atomic E-state index is 13.6. The molecule has 1 aliphatic rings. The van der Waals surface area contributed by atoms with Crippen molar-refractivity contribution in [3.05, 3.63) is 35.3 Å². The molecule has 120 valence electrons. The zero-order valence-corrected chi connectivity index (χ0v) is 13.2. The lowest BCUT2D eigenvalue weighted by Crippen LogP contribution is -2.42. The highest BCUT2D eigenvalue weighted by atomic mass is 19.1. The quantitative estimate of drug-likeness (QED) is 0.940. The summed E-state index contributed by atoms with van der Waals surface area (Å²) in [5, 5.41) is 11.5. The van der Waals surface area contributed by atoms with Crippen molar-refractivity contribution in [1.82, 2.24) is 9.47 Å². The summed E-state index contributed by atoms with van der Waals surface area (Å²) >= 11 is 0. The summed E-state index contributed by atoms with van der Waals surface area (Å²) in [6.07, 6.45) is -0.477. The minimum atomic E-state index is -0.477. The smallest absolute Gasteiger partial charge is 0.125 e. The van der Waals surface area contributed by atoms with E-state index >= 15 is 0 Å². The number of benzene rings is 1. The number of ether oxygens (including phenoxy) is 1. The number of halogens is 1. The van der Waals surface area contributed by atoms with Crippen molar-refractivity contribution in [3.63, 3.8) is 0 Å². The van der Waals surface area contributed by atoms with Gasteiger partial charge < -0.3 is 14.4 Å². The van der Waals surface area contributed by atoms with Crippen molar-refractivity contribution in [2.24, 2.45) is 0 Å². The van der Waals surface area contributed by atoms with E-state index in [2.05, 4.69) is 4.90 Å². The summed E-state index contributed by atoms with van der Waals surface area (Å²) in [5.41, 5.74) is 3.09. The van der Waals surface area contributed by atoms with E-state index in [0.29, 0.717) is 13.1 Å². The van der Waals surface area contributed by atoms with E-state index in [0.717, 1.165) is 48.5 Å². The molecule has 0 radical (unpaired) electrons. The molecule has 0 aliphatic carbocycles. The predicted molar refractivity (Wildman–Crippen MR) is 84.6 cm³/mol. The Balaban J connectivity index is 1.80. The van der Waals surface area contributed by atoms with E-state index in [-0.39, 0.29) is 5.82 Å². The Morgan fingerprint density at radius 2 is 1.95 bits per heavy atom. The van der Waals surface area contributed by atoms with Crippen LogP contribution in [0.15, 0.2) is 18.2 Å². The summed E-state index contributed by atoms with van der Waals surface area (Å²) in [6, 6.07) is 4.86. The largest absolute Gasteiger partial charge is 0.390 e. The number of aliphatic hydroxyl groups excluding tert-OH is 1. The fourth-order valence-electron chi connectivity index (χ4n) is 3.21. The number of hydrogen-bond acceptors (Lipinski definition) is 3. The third kappa shape index (κ3) is 3.02. The fourth-order valence-corrected chi connectivity index (χ4v) is 3.21. The third-order valence-corrected chi connectivity index (χ3v) is 4.57. The number of fused-ring (bicyclic) bond motifs is 1. The Bertz CT molecular complexity index is 662. The average Bonchev–Trinajstić information content (AvgIpc) is 2.73. The minimum absolute atomic E-state index is 0.242. The number of aliphatic hydroxyl groups is 1. The number of aryl methyl sites for hydroxylation is 1. The molecule has 1 atom stereocenters. The van der Waals surface area contributed by atoms with Crippen LogP contribution in [0.3, 0.4) is 0 Å². The van der Waals surface area contributed by atoms with Crippen LogP contribution < -0.4 is 0 Å². The Hall–Kier alpha value is -1.43. The predicted octanol–water partition coefficient (Wildman–Crippen LogP) is 2.09. The Labute approximate surface area is 130 Å². The molecule has 4 nitrogen and oxygen atoms in total. The molecule has 2 aromatic rings. The first-order chi connectivity index (χ1) is 10.6. The maximum absolute atomic E-state index is 13.6. The summed E-state index contributed by atoms with van der Waals surface area (Å²) < 4.78 is 20.9. The van der Waals surface area contributed by atoms with Crippen LogP contribution in [0.1, 0.15) is 11.3 Å². The summed E-state index contributed by atoms with van der Waals surface area (Å²) in [4.78, 5) is 2.21. The van der Waals surface area contributed by atoms with Gasteiger partial charge in [-0.3, -0.25) is 4.90 Å². The molecule has 1 aromatic heterocycles. The SMILES string of the molecule is Cc1c(C)n(CC(O)CN2CCOCC2)c2cc(F)ccc12. The highest BCUT2D eigenvalue weighted by molar-refractivity contribution is 5.85. The molecule has 1 N–H and O–H groups in total. The maximum Gasteiger partial charge on any atom is 0.125 e. The normalized spacial score (nSPS) is 18.0. The van der Waals surface area contributed by atoms with Crippen molar-refractivity contribution in [3.8, 4) is 0 Å². The molecule has 1 unspecified atom stereocenters. The summed E-state index contributed by atoms with van der Waals surface area (Å²) in [5.74, 6) is -0.242. The molecule has 1 aromatic carbocycles. The van der Waals surface area contributed by atoms with Crippen molar-refractivity contribution in [2.75, 3.05) is 32.8 Å².